The third kappa shape index (κ3) is 19.4. The molecule has 80 heavy (non-hydrogen) atoms. The van der Waals surface area contributed by atoms with Gasteiger partial charge in [0, 0.05) is 81.9 Å². The van der Waals surface area contributed by atoms with Crippen LogP contribution in [0.4, 0.5) is 8.78 Å². The van der Waals surface area contributed by atoms with Crippen LogP contribution in [0.5, 0.6) is 35.3 Å². The van der Waals surface area contributed by atoms with E-state index in [4.69, 9.17) is 33.2 Å². The number of sulfone groups is 1. The summed E-state index contributed by atoms with van der Waals surface area (Å²) in [7, 11) is -1.21. The van der Waals surface area contributed by atoms with Crippen molar-refractivity contribution in [3.63, 3.8) is 0 Å². The van der Waals surface area contributed by atoms with E-state index in [0.717, 1.165) is 12.1 Å². The lowest BCUT2D eigenvalue weighted by Gasteiger charge is -2.19. The molecule has 20 nitrogen and oxygen atoms in total. The van der Waals surface area contributed by atoms with Crippen LogP contribution >= 0.6 is 11.8 Å². The highest BCUT2D eigenvalue weighted by atomic mass is 32.2. The molecule has 0 N–H and O–H groups in total. The van der Waals surface area contributed by atoms with Crippen LogP contribution in [0.25, 0.3) is 22.3 Å². The van der Waals surface area contributed by atoms with E-state index >= 15 is 0 Å². The van der Waals surface area contributed by atoms with Gasteiger partial charge in [-0.1, -0.05) is 78.7 Å². The first-order valence-corrected chi connectivity index (χ1v) is 35.9. The molecule has 0 fully saturated rings. The van der Waals surface area contributed by atoms with Gasteiger partial charge in [0.2, 0.25) is 26.8 Å². The number of benzene rings is 2. The van der Waals surface area contributed by atoms with Crippen LogP contribution in [0, 0.1) is 11.6 Å². The predicted octanol–water partition coefficient (Wildman–Crippen LogP) is 11.4. The van der Waals surface area contributed by atoms with Crippen molar-refractivity contribution in [3.05, 3.63) is 83.7 Å². The van der Waals surface area contributed by atoms with Crippen molar-refractivity contribution in [2.24, 2.45) is 0 Å². The van der Waals surface area contributed by atoms with Gasteiger partial charge < -0.3 is 37.9 Å². The summed E-state index contributed by atoms with van der Waals surface area (Å²) < 4.78 is 103. The first-order valence-electron chi connectivity index (χ1n) is 25.8. The van der Waals surface area contributed by atoms with Crippen LogP contribution in [-0.2, 0) is 51.8 Å². The van der Waals surface area contributed by atoms with Gasteiger partial charge in [0.15, 0.2) is 0 Å². The van der Waals surface area contributed by atoms with Crippen molar-refractivity contribution in [1.82, 2.24) is 39.5 Å². The SMILES string of the molecule is COC(=O)CCS(=O)(=O)c1nc(Oc2c(-c3ccnc(OC)c3)cc(F)cc2C(C)C)n(COCC[Si](C)(C)C)n1.COC(=O)CCSc1nc(Oc2c(-c3ccnc(OC)c3)cc(F)cc2C(C)C)n(COCC[Si](C)(C)C)n1. The van der Waals surface area contributed by atoms with E-state index in [2.05, 4.69) is 74.2 Å². The molecule has 436 valence electrons. The van der Waals surface area contributed by atoms with E-state index in [9.17, 15) is 26.8 Å². The number of aromatic nitrogens is 8. The molecule has 0 saturated carbocycles. The second-order valence-corrected chi connectivity index (χ2v) is 35.6. The average Bonchev–Trinajstić information content (AvgIpc) is 4.07. The number of ether oxygens (including phenoxy) is 8. The molecule has 4 aromatic heterocycles. The first-order chi connectivity index (χ1) is 37.7. The number of hydrogen-bond donors (Lipinski definition) is 0. The van der Waals surface area contributed by atoms with Crippen molar-refractivity contribution in [2.45, 2.75) is 128 Å². The van der Waals surface area contributed by atoms with Gasteiger partial charge >= 0.3 is 24.0 Å². The lowest BCUT2D eigenvalue weighted by molar-refractivity contribution is -0.141. The number of halogens is 2. The Labute approximate surface area is 473 Å². The maximum Gasteiger partial charge on any atom is 0.323 e. The zero-order valence-corrected chi connectivity index (χ0v) is 51.7. The number of pyridine rings is 2. The molecule has 0 radical (unpaired) electrons. The molecule has 0 bridgehead atoms. The van der Waals surface area contributed by atoms with E-state index in [-0.39, 0.29) is 67.7 Å². The number of methoxy groups -OCH3 is 4. The molecule has 0 aliphatic carbocycles. The lowest BCUT2D eigenvalue weighted by atomic mass is 9.95. The minimum absolute atomic E-state index is 0.0450. The number of rotatable bonds is 28. The molecule has 0 saturated heterocycles. The summed E-state index contributed by atoms with van der Waals surface area (Å²) in [5.41, 5.74) is 3.38. The van der Waals surface area contributed by atoms with Gasteiger partial charge in [-0.3, -0.25) is 9.59 Å². The van der Waals surface area contributed by atoms with E-state index in [1.165, 1.54) is 75.3 Å². The van der Waals surface area contributed by atoms with Crippen LogP contribution < -0.4 is 18.9 Å². The molecule has 4 heterocycles. The average molecular weight is 1190 g/mol. The molecule has 2 aromatic carbocycles. The topological polar surface area (TPSA) is 229 Å². The number of carbonyl (C=O) groups excluding carboxylic acids is 2. The quantitative estimate of drug-likeness (QED) is 0.0192. The second kappa shape index (κ2) is 29.4. The number of esters is 2. The van der Waals surface area contributed by atoms with Crippen molar-refractivity contribution < 1.29 is 64.7 Å². The normalized spacial score (nSPS) is 11.8. The zero-order chi connectivity index (χ0) is 59.0. The Balaban J connectivity index is 0.000000294. The molecule has 0 aliphatic heterocycles. The Bertz CT molecular complexity index is 3150. The Hall–Kier alpha value is -6.33. The van der Waals surface area contributed by atoms with Gasteiger partial charge in [0.05, 0.1) is 47.0 Å². The number of carbonyl (C=O) groups is 2. The molecule has 26 heteroatoms. The van der Waals surface area contributed by atoms with Crippen LogP contribution in [0.2, 0.25) is 51.4 Å². The summed E-state index contributed by atoms with van der Waals surface area (Å²) >= 11 is 1.31. The number of nitrogens with zero attached hydrogens (tertiary/aromatic N) is 8. The van der Waals surface area contributed by atoms with Crippen molar-refractivity contribution in [3.8, 4) is 57.5 Å². The minimum atomic E-state index is -4.08. The highest BCUT2D eigenvalue weighted by molar-refractivity contribution is 7.99. The summed E-state index contributed by atoms with van der Waals surface area (Å²) in [6, 6.07) is 14.3. The maximum atomic E-state index is 14.8. The molecule has 6 aromatic rings. The van der Waals surface area contributed by atoms with Crippen molar-refractivity contribution in [1.29, 1.82) is 0 Å². The van der Waals surface area contributed by atoms with Crippen molar-refractivity contribution >= 4 is 49.7 Å². The summed E-state index contributed by atoms with van der Waals surface area (Å²) in [5, 5.41) is 8.63. The summed E-state index contributed by atoms with van der Waals surface area (Å²) in [6.07, 6.45) is 2.99. The molecule has 0 aliphatic rings. The third-order valence-electron chi connectivity index (χ3n) is 11.8. The Morgan fingerprint density at radius 3 is 1.52 bits per heavy atom. The fourth-order valence-electron chi connectivity index (χ4n) is 7.23. The second-order valence-electron chi connectivity index (χ2n) is 21.3. The maximum absolute atomic E-state index is 14.8. The largest absolute Gasteiger partial charge is 0.481 e. The fourth-order valence-corrected chi connectivity index (χ4v) is 10.6. The minimum Gasteiger partial charge on any atom is -0.481 e. The van der Waals surface area contributed by atoms with E-state index in [1.54, 1.807) is 35.1 Å². The summed E-state index contributed by atoms with van der Waals surface area (Å²) in [6.45, 7) is 22.2. The van der Waals surface area contributed by atoms with E-state index < -0.39 is 48.7 Å². The predicted molar refractivity (Wildman–Crippen MR) is 305 cm³/mol. The van der Waals surface area contributed by atoms with Gasteiger partial charge in [0.1, 0.15) is 36.6 Å². The number of thioether (sulfide) groups is 1. The number of hydrogen-bond acceptors (Lipinski definition) is 19. The van der Waals surface area contributed by atoms with Crippen molar-refractivity contribution in [2.75, 3.05) is 53.2 Å². The summed E-state index contributed by atoms with van der Waals surface area (Å²) in [5.74, 6) is -0.710. The van der Waals surface area contributed by atoms with Crippen LogP contribution in [0.15, 0.2) is 71.2 Å². The third-order valence-corrected chi connectivity index (χ3v) is 17.5. The molecule has 0 atom stereocenters. The van der Waals surface area contributed by atoms with Crippen LogP contribution in [-0.4, -0.2) is 129 Å². The van der Waals surface area contributed by atoms with Gasteiger partial charge in [-0.15, -0.1) is 10.2 Å². The first kappa shape index (κ1) is 64.5. The van der Waals surface area contributed by atoms with E-state index in [0.29, 0.717) is 75.0 Å². The molecule has 0 unspecified atom stereocenters. The van der Waals surface area contributed by atoms with E-state index in [1.807, 2.05) is 27.7 Å². The smallest absolute Gasteiger partial charge is 0.323 e. The Morgan fingerprint density at radius 2 is 1.09 bits per heavy atom. The lowest BCUT2D eigenvalue weighted by Crippen LogP contribution is -2.22. The Morgan fingerprint density at radius 1 is 0.637 bits per heavy atom. The fraction of sp³-hybridized carbons (Fsp3) is 0.481. The zero-order valence-electron chi connectivity index (χ0n) is 48.0. The standard InChI is InChI=1S/C27H37FN4O7SSi.C27H37FN4O5SSi/c1-18(2)21-15-20(28)16-22(19-8-10-29-23(14-19)36-3)25(21)39-27-30-26(40(34,35)12-9-24(33)37-4)31-32(27)17-38-11-13-41(5,6)7;1-18(2)21-15-20(28)16-22(19-8-10-29-23(14-19)34-3)25(21)37-27-30-26(38-12-9-24(33)35-4)31-32(27)17-36-11-13-39(5,6)7/h8,10,14-16,18H,9,11-13,17H2,1-7H3;8,10,14-16,18H,9,11-13,17H2,1-7H3. The monoisotopic (exact) mass is 1180 g/mol. The van der Waals surface area contributed by atoms with Gasteiger partial charge in [0.25, 0.3) is 5.16 Å². The molecular formula is C54H74F2N8O12S2Si2. The van der Waals surface area contributed by atoms with Crippen LogP contribution in [0.1, 0.15) is 63.5 Å². The summed E-state index contributed by atoms with van der Waals surface area (Å²) in [4.78, 5) is 40.2. The molecule has 0 amide bonds. The molecular weight excluding hydrogens is 1110 g/mol. The van der Waals surface area contributed by atoms with Gasteiger partial charge in [-0.2, -0.15) is 19.3 Å². The highest BCUT2D eigenvalue weighted by Gasteiger charge is 2.28. The van der Waals surface area contributed by atoms with Gasteiger partial charge in [-0.25, -0.2) is 27.2 Å². The molecule has 0 spiro atoms. The molecule has 6 rings (SSSR count). The van der Waals surface area contributed by atoms with Crippen LogP contribution in [0.3, 0.4) is 0 Å². The highest BCUT2D eigenvalue weighted by Crippen LogP contribution is 2.43. The van der Waals surface area contributed by atoms with Gasteiger partial charge in [-0.05, 0) is 71.4 Å². The Kier molecular flexibility index (Phi) is 23.7.